The van der Waals surface area contributed by atoms with Gasteiger partial charge in [-0.2, -0.15) is 0 Å². The number of urea groups is 1. The molecule has 1 fully saturated rings. The van der Waals surface area contributed by atoms with Crippen LogP contribution < -0.4 is 5.32 Å². The number of nitrogens with zero attached hydrogens (tertiary/aromatic N) is 3. The van der Waals surface area contributed by atoms with E-state index in [4.69, 9.17) is 4.42 Å². The summed E-state index contributed by atoms with van der Waals surface area (Å²) in [6.07, 6.45) is 0.445. The maximum atomic E-state index is 12.6. The Bertz CT molecular complexity index is 924. The van der Waals surface area contributed by atoms with Gasteiger partial charge in [-0.05, 0) is 17.7 Å². The normalized spacial score (nSPS) is 16.8. The van der Waals surface area contributed by atoms with Gasteiger partial charge in [-0.15, -0.1) is 10.2 Å². The molecule has 130 valence electrons. The predicted octanol–water partition coefficient (Wildman–Crippen LogP) is 2.40. The van der Waals surface area contributed by atoms with Gasteiger partial charge in [0, 0.05) is 12.0 Å². The van der Waals surface area contributed by atoms with E-state index in [1.165, 1.54) is 0 Å². The van der Waals surface area contributed by atoms with E-state index in [1.807, 2.05) is 60.7 Å². The van der Waals surface area contributed by atoms with E-state index >= 15 is 0 Å². The first-order valence-electron chi connectivity index (χ1n) is 8.24. The Balaban J connectivity index is 1.46. The van der Waals surface area contributed by atoms with Crippen molar-refractivity contribution in [2.24, 2.45) is 0 Å². The predicted molar refractivity (Wildman–Crippen MR) is 92.7 cm³/mol. The van der Waals surface area contributed by atoms with Crippen LogP contribution in [0.1, 0.15) is 11.5 Å². The van der Waals surface area contributed by atoms with Gasteiger partial charge in [0.05, 0.1) is 0 Å². The number of nitrogens with one attached hydrogen (secondary N) is 1. The molecule has 0 radical (unpaired) electrons. The monoisotopic (exact) mass is 348 g/mol. The third-order valence-corrected chi connectivity index (χ3v) is 4.17. The van der Waals surface area contributed by atoms with Gasteiger partial charge >= 0.3 is 6.03 Å². The van der Waals surface area contributed by atoms with Crippen LogP contribution >= 0.6 is 0 Å². The number of amides is 3. The minimum absolute atomic E-state index is 0.0458. The fourth-order valence-corrected chi connectivity index (χ4v) is 2.86. The van der Waals surface area contributed by atoms with Crippen molar-refractivity contribution < 1.29 is 14.0 Å². The van der Waals surface area contributed by atoms with E-state index in [9.17, 15) is 9.59 Å². The van der Waals surface area contributed by atoms with Gasteiger partial charge in [0.2, 0.25) is 11.8 Å². The van der Waals surface area contributed by atoms with E-state index in [-0.39, 0.29) is 18.3 Å². The lowest BCUT2D eigenvalue weighted by atomic mass is 10.1. The van der Waals surface area contributed by atoms with Crippen LogP contribution in [0.15, 0.2) is 65.1 Å². The Hall–Kier alpha value is -3.48. The van der Waals surface area contributed by atoms with Crippen molar-refractivity contribution in [3.8, 4) is 11.5 Å². The van der Waals surface area contributed by atoms with Crippen molar-refractivity contribution in [1.82, 2.24) is 20.4 Å². The van der Waals surface area contributed by atoms with Crippen LogP contribution in [0, 0.1) is 0 Å². The highest BCUT2D eigenvalue weighted by Crippen LogP contribution is 2.19. The van der Waals surface area contributed by atoms with Gasteiger partial charge < -0.3 is 9.73 Å². The van der Waals surface area contributed by atoms with Crippen LogP contribution in [0.2, 0.25) is 0 Å². The van der Waals surface area contributed by atoms with E-state index < -0.39 is 12.1 Å². The van der Waals surface area contributed by atoms with Crippen LogP contribution in [0.5, 0.6) is 0 Å². The van der Waals surface area contributed by atoms with Gasteiger partial charge in [-0.3, -0.25) is 9.69 Å². The smallest absolute Gasteiger partial charge is 0.325 e. The Morgan fingerprint density at radius 1 is 0.962 bits per heavy atom. The van der Waals surface area contributed by atoms with E-state index in [1.54, 1.807) is 0 Å². The van der Waals surface area contributed by atoms with Gasteiger partial charge in [0.15, 0.2) is 0 Å². The fourth-order valence-electron chi connectivity index (χ4n) is 2.86. The fraction of sp³-hybridized carbons (Fsp3) is 0.158. The summed E-state index contributed by atoms with van der Waals surface area (Å²) in [4.78, 5) is 25.8. The highest BCUT2D eigenvalue weighted by molar-refractivity contribution is 6.04. The largest absolute Gasteiger partial charge is 0.419 e. The maximum absolute atomic E-state index is 12.6. The van der Waals surface area contributed by atoms with Gasteiger partial charge in [0.1, 0.15) is 12.6 Å². The van der Waals surface area contributed by atoms with Crippen molar-refractivity contribution in [3.63, 3.8) is 0 Å². The molecule has 1 aliphatic heterocycles. The third kappa shape index (κ3) is 3.19. The van der Waals surface area contributed by atoms with Crippen molar-refractivity contribution in [2.45, 2.75) is 19.0 Å². The lowest BCUT2D eigenvalue weighted by Gasteiger charge is -2.10. The summed E-state index contributed by atoms with van der Waals surface area (Å²) in [5.74, 6) is 0.277. The second kappa shape index (κ2) is 6.79. The molecule has 1 saturated heterocycles. The number of benzene rings is 2. The minimum atomic E-state index is -0.582. The molecule has 0 unspecified atom stereocenters. The summed E-state index contributed by atoms with van der Waals surface area (Å²) in [7, 11) is 0. The molecule has 4 rings (SSSR count). The molecule has 1 atom stereocenters. The average Bonchev–Trinajstić information content (AvgIpc) is 3.24. The standard InChI is InChI=1S/C19H16N4O3/c24-18-15(11-13-7-3-1-4-8-13)20-19(25)23(18)12-16-21-22-17(26-16)14-9-5-2-6-10-14/h1-10,15H,11-12H2,(H,20,25)/t15-/m0/s1. The molecule has 2 aromatic carbocycles. The molecule has 7 nitrogen and oxygen atoms in total. The highest BCUT2D eigenvalue weighted by Gasteiger charge is 2.38. The van der Waals surface area contributed by atoms with Gasteiger partial charge in [-0.25, -0.2) is 4.79 Å². The van der Waals surface area contributed by atoms with Gasteiger partial charge in [-0.1, -0.05) is 48.5 Å². The summed E-state index contributed by atoms with van der Waals surface area (Å²) < 4.78 is 5.59. The molecule has 1 aliphatic rings. The minimum Gasteiger partial charge on any atom is -0.419 e. The number of rotatable bonds is 5. The molecule has 3 aromatic rings. The molecule has 26 heavy (non-hydrogen) atoms. The summed E-state index contributed by atoms with van der Waals surface area (Å²) in [6, 6.07) is 17.8. The molecule has 3 amide bonds. The molecule has 1 N–H and O–H groups in total. The molecule has 0 spiro atoms. The second-order valence-electron chi connectivity index (χ2n) is 5.98. The van der Waals surface area contributed by atoms with E-state index in [0.29, 0.717) is 12.3 Å². The summed E-state index contributed by atoms with van der Waals surface area (Å²) in [6.45, 7) is -0.0458. The molecular weight excluding hydrogens is 332 g/mol. The number of carbonyl (C=O) groups excluding carboxylic acids is 2. The van der Waals surface area contributed by atoms with Crippen LogP contribution in [0.25, 0.3) is 11.5 Å². The molecule has 0 saturated carbocycles. The SMILES string of the molecule is O=C1N[C@@H](Cc2ccccc2)C(=O)N1Cc1nnc(-c2ccccc2)o1. The first kappa shape index (κ1) is 16.0. The Kier molecular flexibility index (Phi) is 4.18. The Morgan fingerprint density at radius 3 is 2.38 bits per heavy atom. The highest BCUT2D eigenvalue weighted by atomic mass is 16.4. The summed E-state index contributed by atoms with van der Waals surface area (Å²) in [5, 5.41) is 10.6. The number of imide groups is 1. The number of carbonyl (C=O) groups is 2. The average molecular weight is 348 g/mol. The topological polar surface area (TPSA) is 88.3 Å². The zero-order chi connectivity index (χ0) is 17.9. The molecular formula is C19H16N4O3. The van der Waals surface area contributed by atoms with Crippen molar-refractivity contribution >= 4 is 11.9 Å². The van der Waals surface area contributed by atoms with E-state index in [0.717, 1.165) is 16.0 Å². The Labute approximate surface area is 149 Å². The van der Waals surface area contributed by atoms with Crippen LogP contribution in [-0.4, -0.2) is 33.1 Å². The van der Waals surface area contributed by atoms with Crippen LogP contribution in [-0.2, 0) is 17.8 Å². The molecule has 1 aromatic heterocycles. The first-order chi connectivity index (χ1) is 12.7. The van der Waals surface area contributed by atoms with Crippen LogP contribution in [0.3, 0.4) is 0 Å². The summed E-state index contributed by atoms with van der Waals surface area (Å²) >= 11 is 0. The number of hydrogen-bond donors (Lipinski definition) is 1. The molecule has 2 heterocycles. The zero-order valence-electron chi connectivity index (χ0n) is 13.8. The number of hydrogen-bond acceptors (Lipinski definition) is 5. The van der Waals surface area contributed by atoms with Crippen LogP contribution in [0.4, 0.5) is 4.79 Å². The zero-order valence-corrected chi connectivity index (χ0v) is 13.8. The Morgan fingerprint density at radius 2 is 1.65 bits per heavy atom. The van der Waals surface area contributed by atoms with Crippen molar-refractivity contribution in [3.05, 3.63) is 72.1 Å². The van der Waals surface area contributed by atoms with Crippen molar-refractivity contribution in [2.75, 3.05) is 0 Å². The molecule has 0 bridgehead atoms. The third-order valence-electron chi connectivity index (χ3n) is 4.17. The first-order valence-corrected chi connectivity index (χ1v) is 8.24. The van der Waals surface area contributed by atoms with E-state index in [2.05, 4.69) is 15.5 Å². The second-order valence-corrected chi connectivity index (χ2v) is 5.98. The summed E-state index contributed by atoms with van der Waals surface area (Å²) in [5.41, 5.74) is 1.77. The maximum Gasteiger partial charge on any atom is 0.325 e. The lowest BCUT2D eigenvalue weighted by Crippen LogP contribution is -2.32. The van der Waals surface area contributed by atoms with Gasteiger partial charge in [0.25, 0.3) is 5.91 Å². The molecule has 0 aliphatic carbocycles. The molecule has 7 heteroatoms. The number of aromatic nitrogens is 2. The lowest BCUT2D eigenvalue weighted by molar-refractivity contribution is -0.128. The van der Waals surface area contributed by atoms with Crippen molar-refractivity contribution in [1.29, 1.82) is 0 Å². The quantitative estimate of drug-likeness (QED) is 0.715.